The lowest BCUT2D eigenvalue weighted by Gasteiger charge is -2.24. The Balaban J connectivity index is 1.56. The molecule has 0 radical (unpaired) electrons. The van der Waals surface area contributed by atoms with Gasteiger partial charge in [0.2, 0.25) is 0 Å². The van der Waals surface area contributed by atoms with E-state index >= 15 is 0 Å². The molecule has 0 aliphatic carbocycles. The number of amides is 1. The maximum Gasteiger partial charge on any atom is 0.285 e. The van der Waals surface area contributed by atoms with Gasteiger partial charge < -0.3 is 9.80 Å². The number of hydrogen-bond donors (Lipinski definition) is 0. The summed E-state index contributed by atoms with van der Waals surface area (Å²) in [5, 5.41) is 0. The highest BCUT2D eigenvalue weighted by molar-refractivity contribution is 8.00. The molecule has 1 saturated heterocycles. The minimum Gasteiger partial charge on any atom is -0.354 e. The molecular weight excluding hydrogens is 424 g/mol. The molecule has 4 rings (SSSR count). The van der Waals surface area contributed by atoms with Gasteiger partial charge in [-0.1, -0.05) is 24.3 Å². The van der Waals surface area contributed by atoms with Gasteiger partial charge in [0.15, 0.2) is 0 Å². The molecule has 162 valence electrons. The van der Waals surface area contributed by atoms with Crippen LogP contribution < -0.4 is 0 Å². The smallest absolute Gasteiger partial charge is 0.285 e. The van der Waals surface area contributed by atoms with Gasteiger partial charge in [-0.05, 0) is 43.2 Å². The number of amidine groups is 1. The number of carbonyl (C=O) groups excluding carboxylic acids is 1. The maximum atomic E-state index is 14.0. The van der Waals surface area contributed by atoms with E-state index in [2.05, 4.69) is 4.40 Å². The fourth-order valence-electron chi connectivity index (χ4n) is 3.92. The van der Waals surface area contributed by atoms with Crippen LogP contribution in [-0.2, 0) is 10.0 Å². The highest BCUT2D eigenvalue weighted by Crippen LogP contribution is 2.34. The Labute approximate surface area is 179 Å². The van der Waals surface area contributed by atoms with E-state index in [4.69, 9.17) is 0 Å². The van der Waals surface area contributed by atoms with Gasteiger partial charge in [-0.2, -0.15) is 8.42 Å². The van der Waals surface area contributed by atoms with Gasteiger partial charge in [0.1, 0.15) is 22.4 Å². The molecule has 0 spiro atoms. The third-order valence-electron chi connectivity index (χ3n) is 5.43. The second-order valence-electron chi connectivity index (χ2n) is 7.46. The molecule has 1 fully saturated rings. The molecule has 0 atom stereocenters. The monoisotopic (exact) mass is 445 g/mol. The van der Waals surface area contributed by atoms with E-state index in [1.807, 2.05) is 4.90 Å². The third kappa shape index (κ3) is 4.10. The predicted octanol–water partition coefficient (Wildman–Crippen LogP) is 3.29. The highest BCUT2D eigenvalue weighted by Gasteiger charge is 2.34. The van der Waals surface area contributed by atoms with Gasteiger partial charge in [-0.15, -0.1) is 4.40 Å². The first-order valence-corrected chi connectivity index (χ1v) is 11.3. The van der Waals surface area contributed by atoms with E-state index in [9.17, 15) is 22.0 Å². The number of hydrogen-bond acceptors (Lipinski definition) is 4. The van der Waals surface area contributed by atoms with Crippen molar-refractivity contribution in [2.45, 2.75) is 13.3 Å². The maximum absolute atomic E-state index is 14.0. The fourth-order valence-corrected chi connectivity index (χ4v) is 5.41. The standard InChI is InChI=1S/C22H21F2N3O3S/c1-15-20(16-7-9-17(23)10-8-16)31(29,30)25-21(15)26-11-4-12-27(14-13-26)22(28)18-5-2-3-6-19(18)24/h2-3,5-10H,4,11-14H2,1H3. The average Bonchev–Trinajstić information content (AvgIpc) is 2.90. The number of halogens is 2. The molecule has 0 unspecified atom stereocenters. The fraction of sp³-hybridized carbons (Fsp3) is 0.273. The van der Waals surface area contributed by atoms with Gasteiger partial charge in [-0.25, -0.2) is 8.78 Å². The second-order valence-corrected chi connectivity index (χ2v) is 9.00. The average molecular weight is 445 g/mol. The Morgan fingerprint density at radius 1 is 0.968 bits per heavy atom. The van der Waals surface area contributed by atoms with Crippen LogP contribution in [-0.4, -0.2) is 56.1 Å². The predicted molar refractivity (Wildman–Crippen MR) is 114 cm³/mol. The lowest BCUT2D eigenvalue weighted by atomic mass is 10.1. The van der Waals surface area contributed by atoms with E-state index in [1.165, 1.54) is 42.5 Å². The Morgan fingerprint density at radius 3 is 2.39 bits per heavy atom. The van der Waals surface area contributed by atoms with Gasteiger partial charge >= 0.3 is 0 Å². The minimum atomic E-state index is -3.92. The summed E-state index contributed by atoms with van der Waals surface area (Å²) in [6.07, 6.45) is 0.582. The molecule has 2 heterocycles. The lowest BCUT2D eigenvalue weighted by Crippen LogP contribution is -2.37. The summed E-state index contributed by atoms with van der Waals surface area (Å²) in [5.41, 5.74) is 0.885. The summed E-state index contributed by atoms with van der Waals surface area (Å²) in [4.78, 5) is 16.2. The zero-order chi connectivity index (χ0) is 22.2. The summed E-state index contributed by atoms with van der Waals surface area (Å²) in [7, 11) is -3.92. The molecule has 1 amide bonds. The topological polar surface area (TPSA) is 70.1 Å². The molecule has 31 heavy (non-hydrogen) atoms. The summed E-state index contributed by atoms with van der Waals surface area (Å²) < 4.78 is 56.7. The summed E-state index contributed by atoms with van der Waals surface area (Å²) in [6.45, 7) is 3.28. The van der Waals surface area contributed by atoms with E-state index in [-0.39, 0.29) is 16.4 Å². The van der Waals surface area contributed by atoms with E-state index in [1.54, 1.807) is 17.9 Å². The van der Waals surface area contributed by atoms with E-state index < -0.39 is 21.7 Å². The van der Waals surface area contributed by atoms with Crippen LogP contribution in [0.3, 0.4) is 0 Å². The molecule has 9 heteroatoms. The first-order chi connectivity index (χ1) is 14.8. The minimum absolute atomic E-state index is 0.0198. The summed E-state index contributed by atoms with van der Waals surface area (Å²) >= 11 is 0. The molecule has 6 nitrogen and oxygen atoms in total. The van der Waals surface area contributed by atoms with Crippen molar-refractivity contribution >= 4 is 26.7 Å². The number of benzene rings is 2. The van der Waals surface area contributed by atoms with Crippen molar-refractivity contribution in [1.82, 2.24) is 9.80 Å². The van der Waals surface area contributed by atoms with Crippen molar-refractivity contribution < 1.29 is 22.0 Å². The Bertz CT molecular complexity index is 1190. The Morgan fingerprint density at radius 2 is 1.68 bits per heavy atom. The van der Waals surface area contributed by atoms with Crippen molar-refractivity contribution in [1.29, 1.82) is 0 Å². The summed E-state index contributed by atoms with van der Waals surface area (Å²) in [6, 6.07) is 11.1. The SMILES string of the molecule is CC1=C(c2ccc(F)cc2)S(=O)(=O)N=C1N1CCCN(C(=O)c2ccccc2F)CC1. The second kappa shape index (κ2) is 8.22. The van der Waals surface area contributed by atoms with Gasteiger partial charge in [0.05, 0.1) is 5.56 Å². The van der Waals surface area contributed by atoms with Crippen LogP contribution in [0.25, 0.3) is 4.91 Å². The zero-order valence-corrected chi connectivity index (χ0v) is 17.7. The van der Waals surface area contributed by atoms with Crippen LogP contribution in [0.1, 0.15) is 29.3 Å². The normalized spacial score (nSPS) is 18.7. The number of nitrogens with zero attached hydrogens (tertiary/aromatic N) is 3. The third-order valence-corrected chi connectivity index (χ3v) is 6.91. The van der Waals surface area contributed by atoms with Crippen molar-refractivity contribution in [2.75, 3.05) is 26.2 Å². The molecular formula is C22H21F2N3O3S. The number of sulfonamides is 1. The molecule has 0 bridgehead atoms. The number of carbonyl (C=O) groups is 1. The van der Waals surface area contributed by atoms with Crippen LogP contribution >= 0.6 is 0 Å². The van der Waals surface area contributed by atoms with Crippen molar-refractivity contribution in [3.63, 3.8) is 0 Å². The largest absolute Gasteiger partial charge is 0.354 e. The Kier molecular flexibility index (Phi) is 5.62. The lowest BCUT2D eigenvalue weighted by molar-refractivity contribution is 0.0759. The first kappa shape index (κ1) is 21.2. The van der Waals surface area contributed by atoms with Crippen molar-refractivity contribution in [2.24, 2.45) is 4.40 Å². The van der Waals surface area contributed by atoms with Gasteiger partial charge in [-0.3, -0.25) is 4.79 Å². The van der Waals surface area contributed by atoms with Crippen LogP contribution in [0.2, 0.25) is 0 Å². The first-order valence-electron chi connectivity index (χ1n) is 9.89. The zero-order valence-electron chi connectivity index (χ0n) is 16.9. The summed E-state index contributed by atoms with van der Waals surface area (Å²) in [5.74, 6) is -1.08. The van der Waals surface area contributed by atoms with Crippen LogP contribution in [0.15, 0.2) is 58.5 Å². The Hall–Kier alpha value is -3.07. The van der Waals surface area contributed by atoms with E-state index in [0.29, 0.717) is 49.6 Å². The molecule has 0 saturated carbocycles. The van der Waals surface area contributed by atoms with E-state index in [0.717, 1.165) is 0 Å². The van der Waals surface area contributed by atoms with Crippen molar-refractivity contribution in [3.8, 4) is 0 Å². The molecule has 2 aromatic carbocycles. The molecule has 0 aromatic heterocycles. The highest BCUT2D eigenvalue weighted by atomic mass is 32.2. The van der Waals surface area contributed by atoms with Gasteiger partial charge in [0.25, 0.3) is 15.9 Å². The van der Waals surface area contributed by atoms with Gasteiger partial charge in [0, 0.05) is 31.8 Å². The molecule has 2 aromatic rings. The number of rotatable bonds is 2. The van der Waals surface area contributed by atoms with Crippen LogP contribution in [0.5, 0.6) is 0 Å². The van der Waals surface area contributed by atoms with Crippen molar-refractivity contribution in [3.05, 3.63) is 76.9 Å². The van der Waals surface area contributed by atoms with Crippen LogP contribution in [0.4, 0.5) is 8.78 Å². The quantitative estimate of drug-likeness (QED) is 0.711. The molecule has 2 aliphatic heterocycles. The van der Waals surface area contributed by atoms with Crippen LogP contribution in [0, 0.1) is 11.6 Å². The molecule has 2 aliphatic rings. The molecule has 0 N–H and O–H groups in total.